The zero-order valence-corrected chi connectivity index (χ0v) is 15.7. The van der Waals surface area contributed by atoms with E-state index in [-0.39, 0.29) is 5.91 Å². The van der Waals surface area contributed by atoms with Crippen LogP contribution in [0.15, 0.2) is 48.5 Å². The number of halogens is 1. The van der Waals surface area contributed by atoms with Crippen molar-refractivity contribution in [2.45, 2.75) is 13.8 Å². The van der Waals surface area contributed by atoms with E-state index in [2.05, 4.69) is 15.4 Å². The van der Waals surface area contributed by atoms with E-state index in [4.69, 9.17) is 11.6 Å². The monoisotopic (exact) mass is 382 g/mol. The van der Waals surface area contributed by atoms with Crippen LogP contribution in [0.5, 0.6) is 0 Å². The molecule has 7 heteroatoms. The molecule has 4 rings (SSSR count). The predicted octanol–water partition coefficient (Wildman–Crippen LogP) is 5.00. The Morgan fingerprint density at radius 3 is 2.69 bits per heavy atom. The van der Waals surface area contributed by atoms with Crippen LogP contribution in [0.1, 0.15) is 21.7 Å². The van der Waals surface area contributed by atoms with Gasteiger partial charge in [0.1, 0.15) is 0 Å². The topological polar surface area (TPSA) is 59.8 Å². The Labute approximate surface area is 159 Å². The SMILES string of the molecule is Cc1cc(C)n(-c2nc3ccc(NC(=O)c4ccccc4Cl)cc3s2)n1. The first kappa shape index (κ1) is 16.8. The van der Waals surface area contributed by atoms with Crippen molar-refractivity contribution in [2.24, 2.45) is 0 Å². The molecular weight excluding hydrogens is 368 g/mol. The molecule has 130 valence electrons. The number of carbonyl (C=O) groups is 1. The molecule has 0 aliphatic heterocycles. The smallest absolute Gasteiger partial charge is 0.257 e. The number of anilines is 1. The summed E-state index contributed by atoms with van der Waals surface area (Å²) in [6.45, 7) is 3.96. The van der Waals surface area contributed by atoms with Crippen molar-refractivity contribution in [1.29, 1.82) is 0 Å². The van der Waals surface area contributed by atoms with Crippen LogP contribution < -0.4 is 5.32 Å². The summed E-state index contributed by atoms with van der Waals surface area (Å²) in [6, 6.07) is 14.6. The Bertz CT molecular complexity index is 1130. The first-order chi connectivity index (χ1) is 12.5. The van der Waals surface area contributed by atoms with Crippen LogP contribution in [0, 0.1) is 13.8 Å². The van der Waals surface area contributed by atoms with Crippen LogP contribution in [-0.4, -0.2) is 20.7 Å². The van der Waals surface area contributed by atoms with E-state index in [1.54, 1.807) is 24.3 Å². The minimum absolute atomic E-state index is 0.238. The number of aromatic nitrogens is 3. The van der Waals surface area contributed by atoms with Gasteiger partial charge in [-0.1, -0.05) is 35.1 Å². The van der Waals surface area contributed by atoms with Crippen LogP contribution in [0.3, 0.4) is 0 Å². The average molecular weight is 383 g/mol. The summed E-state index contributed by atoms with van der Waals surface area (Å²) in [5.74, 6) is -0.238. The number of benzene rings is 2. The molecule has 0 fully saturated rings. The fourth-order valence-corrected chi connectivity index (χ4v) is 3.98. The third-order valence-corrected chi connectivity index (χ3v) is 5.27. The van der Waals surface area contributed by atoms with Crippen molar-refractivity contribution in [3.8, 4) is 5.13 Å². The van der Waals surface area contributed by atoms with E-state index in [9.17, 15) is 4.79 Å². The maximum Gasteiger partial charge on any atom is 0.257 e. The third-order valence-electron chi connectivity index (χ3n) is 3.94. The summed E-state index contributed by atoms with van der Waals surface area (Å²) in [5, 5.41) is 8.60. The summed E-state index contributed by atoms with van der Waals surface area (Å²) in [6.07, 6.45) is 0. The van der Waals surface area contributed by atoms with E-state index >= 15 is 0 Å². The van der Waals surface area contributed by atoms with E-state index in [1.807, 2.05) is 42.8 Å². The molecule has 0 saturated heterocycles. The number of aryl methyl sites for hydroxylation is 2. The second-order valence-corrected chi connectivity index (χ2v) is 7.37. The van der Waals surface area contributed by atoms with Gasteiger partial charge in [-0.3, -0.25) is 4.79 Å². The summed E-state index contributed by atoms with van der Waals surface area (Å²) in [7, 11) is 0. The molecule has 5 nitrogen and oxygen atoms in total. The maximum absolute atomic E-state index is 12.4. The van der Waals surface area contributed by atoms with Gasteiger partial charge in [-0.05, 0) is 50.2 Å². The van der Waals surface area contributed by atoms with Crippen LogP contribution in [0.25, 0.3) is 15.3 Å². The first-order valence-corrected chi connectivity index (χ1v) is 9.21. The van der Waals surface area contributed by atoms with Gasteiger partial charge in [-0.15, -0.1) is 0 Å². The lowest BCUT2D eigenvalue weighted by Crippen LogP contribution is -2.12. The molecule has 4 aromatic rings. The summed E-state index contributed by atoms with van der Waals surface area (Å²) < 4.78 is 2.81. The molecule has 0 radical (unpaired) electrons. The highest BCUT2D eigenvalue weighted by Crippen LogP contribution is 2.28. The second kappa shape index (κ2) is 6.55. The van der Waals surface area contributed by atoms with Gasteiger partial charge >= 0.3 is 0 Å². The number of nitrogens with one attached hydrogen (secondary N) is 1. The van der Waals surface area contributed by atoms with Crippen molar-refractivity contribution in [1.82, 2.24) is 14.8 Å². The first-order valence-electron chi connectivity index (χ1n) is 8.01. The van der Waals surface area contributed by atoms with Crippen LogP contribution in [-0.2, 0) is 0 Å². The normalized spacial score (nSPS) is 11.0. The highest BCUT2D eigenvalue weighted by atomic mass is 35.5. The van der Waals surface area contributed by atoms with Crippen molar-refractivity contribution in [3.63, 3.8) is 0 Å². The number of carbonyl (C=O) groups excluding carboxylic acids is 1. The summed E-state index contributed by atoms with van der Waals surface area (Å²) >= 11 is 7.62. The Morgan fingerprint density at radius 1 is 1.15 bits per heavy atom. The molecule has 26 heavy (non-hydrogen) atoms. The lowest BCUT2D eigenvalue weighted by Gasteiger charge is -2.06. The average Bonchev–Trinajstić information content (AvgIpc) is 3.17. The predicted molar refractivity (Wildman–Crippen MR) is 106 cm³/mol. The molecule has 0 aliphatic carbocycles. The van der Waals surface area contributed by atoms with E-state index < -0.39 is 0 Å². The van der Waals surface area contributed by atoms with Gasteiger partial charge in [0, 0.05) is 11.4 Å². The van der Waals surface area contributed by atoms with Gasteiger partial charge in [0.05, 0.1) is 26.5 Å². The lowest BCUT2D eigenvalue weighted by atomic mass is 10.2. The molecule has 0 aliphatic rings. The second-order valence-electron chi connectivity index (χ2n) is 5.95. The zero-order valence-electron chi connectivity index (χ0n) is 14.2. The fraction of sp³-hybridized carbons (Fsp3) is 0.105. The lowest BCUT2D eigenvalue weighted by molar-refractivity contribution is 0.102. The molecule has 2 heterocycles. The minimum atomic E-state index is -0.238. The van der Waals surface area contributed by atoms with Gasteiger partial charge in [0.25, 0.3) is 5.91 Å². The number of hydrogen-bond acceptors (Lipinski definition) is 4. The van der Waals surface area contributed by atoms with Crippen molar-refractivity contribution < 1.29 is 4.79 Å². The van der Waals surface area contributed by atoms with E-state index in [0.717, 1.165) is 26.7 Å². The van der Waals surface area contributed by atoms with Gasteiger partial charge in [-0.2, -0.15) is 5.10 Å². The molecule has 0 atom stereocenters. The van der Waals surface area contributed by atoms with E-state index in [0.29, 0.717) is 16.3 Å². The minimum Gasteiger partial charge on any atom is -0.322 e. The molecule has 1 amide bonds. The highest BCUT2D eigenvalue weighted by Gasteiger charge is 2.13. The Hall–Kier alpha value is -2.70. The number of amides is 1. The zero-order chi connectivity index (χ0) is 18.3. The number of fused-ring (bicyclic) bond motifs is 1. The van der Waals surface area contributed by atoms with Gasteiger partial charge in [-0.25, -0.2) is 9.67 Å². The summed E-state index contributed by atoms with van der Waals surface area (Å²) in [4.78, 5) is 17.1. The van der Waals surface area contributed by atoms with Crippen molar-refractivity contribution >= 4 is 44.7 Å². The number of thiazole rings is 1. The van der Waals surface area contributed by atoms with Crippen LogP contribution >= 0.6 is 22.9 Å². The highest BCUT2D eigenvalue weighted by molar-refractivity contribution is 7.20. The van der Waals surface area contributed by atoms with E-state index in [1.165, 1.54) is 11.3 Å². The van der Waals surface area contributed by atoms with Gasteiger partial charge in [0.15, 0.2) is 0 Å². The third kappa shape index (κ3) is 3.09. The van der Waals surface area contributed by atoms with Crippen molar-refractivity contribution in [2.75, 3.05) is 5.32 Å². The molecule has 2 aromatic heterocycles. The number of hydrogen-bond donors (Lipinski definition) is 1. The summed E-state index contributed by atoms with van der Waals surface area (Å²) in [5.41, 5.74) is 4.00. The fourth-order valence-electron chi connectivity index (χ4n) is 2.75. The standard InChI is InChI=1S/C19H15ClN4OS/c1-11-9-12(2)24(23-11)19-22-16-8-7-13(10-17(16)26-19)21-18(25)14-5-3-4-6-15(14)20/h3-10H,1-2H3,(H,21,25). The van der Waals surface area contributed by atoms with Crippen LogP contribution in [0.4, 0.5) is 5.69 Å². The quantitative estimate of drug-likeness (QED) is 0.542. The van der Waals surface area contributed by atoms with Gasteiger partial charge in [0.2, 0.25) is 5.13 Å². The largest absolute Gasteiger partial charge is 0.322 e. The molecule has 0 spiro atoms. The Morgan fingerprint density at radius 2 is 1.96 bits per heavy atom. The van der Waals surface area contributed by atoms with Crippen LogP contribution in [0.2, 0.25) is 5.02 Å². The maximum atomic E-state index is 12.4. The molecule has 0 saturated carbocycles. The molecular formula is C19H15ClN4OS. The Balaban J connectivity index is 1.65. The van der Waals surface area contributed by atoms with Crippen molar-refractivity contribution in [3.05, 3.63) is 70.5 Å². The number of rotatable bonds is 3. The molecule has 0 bridgehead atoms. The molecule has 1 N–H and O–H groups in total. The Kier molecular flexibility index (Phi) is 4.22. The van der Waals surface area contributed by atoms with Gasteiger partial charge < -0.3 is 5.32 Å². The number of nitrogens with zero attached hydrogens (tertiary/aromatic N) is 3. The molecule has 0 unspecified atom stereocenters. The molecule has 2 aromatic carbocycles.